The van der Waals surface area contributed by atoms with Crippen LogP contribution in [0.3, 0.4) is 0 Å². The summed E-state index contributed by atoms with van der Waals surface area (Å²) in [5, 5.41) is 0. The molecule has 0 atom stereocenters. The van der Waals surface area contributed by atoms with Gasteiger partial charge in [0, 0.05) is 18.8 Å². The van der Waals surface area contributed by atoms with Crippen LogP contribution in [0.5, 0.6) is 0 Å². The molecule has 1 fully saturated rings. The van der Waals surface area contributed by atoms with Crippen LogP contribution in [0.1, 0.15) is 13.8 Å². The van der Waals surface area contributed by atoms with Crippen LogP contribution < -0.4 is 0 Å². The maximum Gasteiger partial charge on any atom is 0.154 e. The molecule has 1 aliphatic heterocycles. The van der Waals surface area contributed by atoms with Crippen LogP contribution in [-0.4, -0.2) is 37.0 Å². The molecule has 1 heterocycles. The Bertz CT molecular complexity index is 193. The van der Waals surface area contributed by atoms with E-state index in [4.69, 9.17) is 4.74 Å². The standard InChI is InChI=1S/C9H15NO2/c1-8(7-9(2)11)10-3-5-12-6-4-10/h7H,3-6H2,1-2H3/b8-7+. The number of carbonyl (C=O) groups excluding carboxylic acids is 1. The van der Waals surface area contributed by atoms with Crippen LogP contribution in [-0.2, 0) is 9.53 Å². The third-order valence-electron chi connectivity index (χ3n) is 1.92. The largest absolute Gasteiger partial charge is 0.378 e. The number of carbonyl (C=O) groups is 1. The van der Waals surface area contributed by atoms with Gasteiger partial charge in [0.05, 0.1) is 13.2 Å². The second kappa shape index (κ2) is 4.26. The zero-order valence-electron chi connectivity index (χ0n) is 7.67. The minimum atomic E-state index is 0.110. The summed E-state index contributed by atoms with van der Waals surface area (Å²) in [6.07, 6.45) is 1.67. The molecule has 3 heteroatoms. The van der Waals surface area contributed by atoms with Gasteiger partial charge in [-0.05, 0) is 19.9 Å². The highest BCUT2D eigenvalue weighted by atomic mass is 16.5. The van der Waals surface area contributed by atoms with Gasteiger partial charge < -0.3 is 9.64 Å². The second-order valence-electron chi connectivity index (χ2n) is 3.00. The second-order valence-corrected chi connectivity index (χ2v) is 3.00. The van der Waals surface area contributed by atoms with E-state index in [1.807, 2.05) is 6.92 Å². The molecular weight excluding hydrogens is 154 g/mol. The first-order valence-electron chi connectivity index (χ1n) is 4.21. The van der Waals surface area contributed by atoms with E-state index in [0.29, 0.717) is 0 Å². The van der Waals surface area contributed by atoms with Crippen molar-refractivity contribution in [3.8, 4) is 0 Å². The van der Waals surface area contributed by atoms with Gasteiger partial charge in [0.2, 0.25) is 0 Å². The van der Waals surface area contributed by atoms with Crippen molar-refractivity contribution < 1.29 is 9.53 Å². The van der Waals surface area contributed by atoms with Gasteiger partial charge in [0.25, 0.3) is 0 Å². The Hall–Kier alpha value is -0.830. The normalized spacial score (nSPS) is 19.5. The SMILES string of the molecule is CC(=O)/C=C(\C)N1CCOCC1. The first kappa shape index (κ1) is 9.26. The topological polar surface area (TPSA) is 29.5 Å². The first-order valence-corrected chi connectivity index (χ1v) is 4.21. The van der Waals surface area contributed by atoms with E-state index < -0.39 is 0 Å². The predicted molar refractivity (Wildman–Crippen MR) is 46.8 cm³/mol. The van der Waals surface area contributed by atoms with Crippen molar-refractivity contribution in [2.75, 3.05) is 26.3 Å². The van der Waals surface area contributed by atoms with Crippen molar-refractivity contribution >= 4 is 5.78 Å². The zero-order valence-corrected chi connectivity index (χ0v) is 7.67. The van der Waals surface area contributed by atoms with Gasteiger partial charge in [0.15, 0.2) is 5.78 Å². The molecule has 0 spiro atoms. The zero-order chi connectivity index (χ0) is 8.97. The van der Waals surface area contributed by atoms with Gasteiger partial charge in [-0.2, -0.15) is 0 Å². The number of ketones is 1. The Morgan fingerprint density at radius 3 is 2.42 bits per heavy atom. The Labute approximate surface area is 73.0 Å². The Morgan fingerprint density at radius 2 is 1.92 bits per heavy atom. The van der Waals surface area contributed by atoms with Crippen molar-refractivity contribution in [3.63, 3.8) is 0 Å². The molecule has 0 unspecified atom stereocenters. The smallest absolute Gasteiger partial charge is 0.154 e. The van der Waals surface area contributed by atoms with E-state index in [-0.39, 0.29) is 5.78 Å². The summed E-state index contributed by atoms with van der Waals surface area (Å²) in [5.74, 6) is 0.110. The van der Waals surface area contributed by atoms with Crippen molar-refractivity contribution in [2.45, 2.75) is 13.8 Å². The van der Waals surface area contributed by atoms with Gasteiger partial charge in [-0.1, -0.05) is 0 Å². The van der Waals surface area contributed by atoms with Crippen LogP contribution in [0, 0.1) is 0 Å². The molecule has 12 heavy (non-hydrogen) atoms. The summed E-state index contributed by atoms with van der Waals surface area (Å²) < 4.78 is 5.20. The molecule has 0 bridgehead atoms. The third-order valence-corrected chi connectivity index (χ3v) is 1.92. The van der Waals surface area contributed by atoms with Crippen LogP contribution in [0.4, 0.5) is 0 Å². The number of hydrogen-bond donors (Lipinski definition) is 0. The summed E-state index contributed by atoms with van der Waals surface area (Å²) in [6, 6.07) is 0. The first-order chi connectivity index (χ1) is 5.70. The lowest BCUT2D eigenvalue weighted by Crippen LogP contribution is -2.35. The number of hydrogen-bond acceptors (Lipinski definition) is 3. The molecule has 3 nitrogen and oxygen atoms in total. The summed E-state index contributed by atoms with van der Waals surface area (Å²) in [4.78, 5) is 12.9. The van der Waals surface area contributed by atoms with Crippen molar-refractivity contribution in [1.82, 2.24) is 4.90 Å². The highest BCUT2D eigenvalue weighted by Crippen LogP contribution is 2.06. The summed E-state index contributed by atoms with van der Waals surface area (Å²) in [6.45, 7) is 6.87. The van der Waals surface area contributed by atoms with E-state index in [2.05, 4.69) is 4.90 Å². The minimum Gasteiger partial charge on any atom is -0.378 e. The van der Waals surface area contributed by atoms with Crippen LogP contribution in [0.2, 0.25) is 0 Å². The molecule has 0 saturated carbocycles. The van der Waals surface area contributed by atoms with Crippen molar-refractivity contribution in [1.29, 1.82) is 0 Å². The number of nitrogens with zero attached hydrogens (tertiary/aromatic N) is 1. The lowest BCUT2D eigenvalue weighted by Gasteiger charge is -2.29. The average molecular weight is 169 g/mol. The van der Waals surface area contributed by atoms with Crippen molar-refractivity contribution in [3.05, 3.63) is 11.8 Å². The number of ether oxygens (including phenoxy) is 1. The molecule has 68 valence electrons. The van der Waals surface area contributed by atoms with E-state index in [1.165, 1.54) is 0 Å². The maximum atomic E-state index is 10.8. The number of allylic oxidation sites excluding steroid dienone is 2. The number of rotatable bonds is 2. The molecule has 0 amide bonds. The molecule has 0 aromatic heterocycles. The van der Waals surface area contributed by atoms with Crippen molar-refractivity contribution in [2.24, 2.45) is 0 Å². The minimum absolute atomic E-state index is 0.110. The highest BCUT2D eigenvalue weighted by molar-refractivity contribution is 5.87. The molecule has 0 aliphatic carbocycles. The van der Waals surface area contributed by atoms with Gasteiger partial charge in [-0.25, -0.2) is 0 Å². The average Bonchev–Trinajstić information content (AvgIpc) is 2.05. The Morgan fingerprint density at radius 1 is 1.33 bits per heavy atom. The molecule has 0 radical (unpaired) electrons. The Kier molecular flexibility index (Phi) is 3.29. The molecule has 0 aromatic rings. The summed E-state index contributed by atoms with van der Waals surface area (Å²) in [7, 11) is 0. The van der Waals surface area contributed by atoms with E-state index >= 15 is 0 Å². The van der Waals surface area contributed by atoms with Gasteiger partial charge in [-0.3, -0.25) is 4.79 Å². The van der Waals surface area contributed by atoms with Crippen LogP contribution >= 0.6 is 0 Å². The summed E-state index contributed by atoms with van der Waals surface area (Å²) >= 11 is 0. The third kappa shape index (κ3) is 2.66. The van der Waals surface area contributed by atoms with E-state index in [9.17, 15) is 4.79 Å². The maximum absolute atomic E-state index is 10.8. The molecule has 0 aromatic carbocycles. The molecule has 0 N–H and O–H groups in total. The lowest BCUT2D eigenvalue weighted by atomic mass is 10.3. The summed E-state index contributed by atoms with van der Waals surface area (Å²) in [5.41, 5.74) is 1.05. The van der Waals surface area contributed by atoms with Gasteiger partial charge in [0.1, 0.15) is 0 Å². The molecular formula is C9H15NO2. The molecule has 1 saturated heterocycles. The monoisotopic (exact) mass is 169 g/mol. The van der Waals surface area contributed by atoms with Gasteiger partial charge in [-0.15, -0.1) is 0 Å². The quantitative estimate of drug-likeness (QED) is 0.573. The fourth-order valence-electron chi connectivity index (χ4n) is 1.30. The molecule has 1 aliphatic rings. The van der Waals surface area contributed by atoms with E-state index in [1.54, 1.807) is 13.0 Å². The Balaban J connectivity index is 2.49. The number of morpholine rings is 1. The highest BCUT2D eigenvalue weighted by Gasteiger charge is 2.10. The van der Waals surface area contributed by atoms with E-state index in [0.717, 1.165) is 32.0 Å². The lowest BCUT2D eigenvalue weighted by molar-refractivity contribution is -0.112. The predicted octanol–water partition coefficient (Wildman–Crippen LogP) is 0.811. The fourth-order valence-corrected chi connectivity index (χ4v) is 1.30. The fraction of sp³-hybridized carbons (Fsp3) is 0.667. The molecule has 1 rings (SSSR count). The van der Waals surface area contributed by atoms with Crippen LogP contribution in [0.15, 0.2) is 11.8 Å². The van der Waals surface area contributed by atoms with Gasteiger partial charge >= 0.3 is 0 Å². The van der Waals surface area contributed by atoms with Crippen LogP contribution in [0.25, 0.3) is 0 Å².